The van der Waals surface area contributed by atoms with Crippen LogP contribution in [0.2, 0.25) is 0 Å². The fourth-order valence-electron chi connectivity index (χ4n) is 3.31. The molecule has 2 amide bonds. The molecule has 2 aromatic rings. The predicted molar refractivity (Wildman–Crippen MR) is 98.5 cm³/mol. The monoisotopic (exact) mass is 358 g/mol. The molecule has 3 rings (SSSR count). The van der Waals surface area contributed by atoms with Crippen LogP contribution in [0.3, 0.4) is 0 Å². The molecule has 1 aromatic heterocycles. The highest BCUT2D eigenvalue weighted by atomic mass is 16.5. The fraction of sp³-hybridized carbons (Fsp3) is 0.526. The van der Waals surface area contributed by atoms with Crippen LogP contribution in [0, 0.1) is 0 Å². The van der Waals surface area contributed by atoms with Gasteiger partial charge >= 0.3 is 0 Å². The van der Waals surface area contributed by atoms with E-state index in [9.17, 15) is 9.59 Å². The molecule has 0 saturated carbocycles. The van der Waals surface area contributed by atoms with Crippen molar-refractivity contribution in [2.45, 2.75) is 45.9 Å². The minimum Gasteiger partial charge on any atom is -0.368 e. The highest BCUT2D eigenvalue weighted by molar-refractivity contribution is 5.82. The lowest BCUT2D eigenvalue weighted by Gasteiger charge is -2.20. The molecular weight excluding hydrogens is 332 g/mol. The molecule has 1 atom stereocenters. The Bertz CT molecular complexity index is 776. The number of carbonyl (C=O) groups is 2. The molecule has 1 saturated heterocycles. The van der Waals surface area contributed by atoms with Crippen LogP contribution in [0.1, 0.15) is 32.5 Å². The van der Waals surface area contributed by atoms with Crippen molar-refractivity contribution in [2.24, 2.45) is 0 Å². The average Bonchev–Trinajstić information content (AvgIpc) is 3.29. The van der Waals surface area contributed by atoms with Crippen molar-refractivity contribution in [2.75, 3.05) is 19.7 Å². The molecule has 0 spiro atoms. The molecule has 7 nitrogen and oxygen atoms in total. The zero-order valence-electron chi connectivity index (χ0n) is 15.4. The summed E-state index contributed by atoms with van der Waals surface area (Å²) in [7, 11) is 0. The van der Waals surface area contributed by atoms with E-state index in [0.717, 1.165) is 23.9 Å². The third-order valence-electron chi connectivity index (χ3n) is 4.79. The van der Waals surface area contributed by atoms with Crippen LogP contribution in [0.4, 0.5) is 0 Å². The van der Waals surface area contributed by atoms with E-state index < -0.39 is 0 Å². The van der Waals surface area contributed by atoms with E-state index in [2.05, 4.69) is 10.3 Å². The van der Waals surface area contributed by atoms with E-state index in [-0.39, 0.29) is 31.0 Å². The Hall–Kier alpha value is -2.41. The van der Waals surface area contributed by atoms with Crippen LogP contribution < -0.4 is 5.32 Å². The molecule has 1 aliphatic heterocycles. The van der Waals surface area contributed by atoms with Crippen LogP contribution >= 0.6 is 0 Å². The smallest absolute Gasteiger partial charge is 0.249 e. The lowest BCUT2D eigenvalue weighted by molar-refractivity contribution is -0.131. The summed E-state index contributed by atoms with van der Waals surface area (Å²) in [4.78, 5) is 31.2. The van der Waals surface area contributed by atoms with Gasteiger partial charge in [-0.3, -0.25) is 9.59 Å². The molecule has 2 heterocycles. The third kappa shape index (κ3) is 3.88. The largest absolute Gasteiger partial charge is 0.368 e. The van der Waals surface area contributed by atoms with Gasteiger partial charge in [0.25, 0.3) is 0 Å². The van der Waals surface area contributed by atoms with Gasteiger partial charge in [0.2, 0.25) is 11.8 Å². The standard InChI is InChI=1S/C19H26N4O3/c1-3-22(4-2)18(24)13-23-15-9-6-5-8-14(15)21-17(23)12-20-19(25)16-10-7-11-26-16/h5-6,8-9,16H,3-4,7,10-13H2,1-2H3,(H,20,25). The second-order valence-corrected chi connectivity index (χ2v) is 6.39. The number of fused-ring (bicyclic) bond motifs is 1. The summed E-state index contributed by atoms with van der Waals surface area (Å²) in [5.74, 6) is 0.610. The Morgan fingerprint density at radius 2 is 2.08 bits per heavy atom. The van der Waals surface area contributed by atoms with Gasteiger partial charge in [-0.25, -0.2) is 4.98 Å². The molecule has 0 radical (unpaired) electrons. The van der Waals surface area contributed by atoms with Gasteiger partial charge in [-0.15, -0.1) is 0 Å². The number of benzene rings is 1. The van der Waals surface area contributed by atoms with E-state index >= 15 is 0 Å². The minimum atomic E-state index is -0.370. The summed E-state index contributed by atoms with van der Waals surface area (Å²) < 4.78 is 7.31. The molecule has 1 fully saturated rings. The third-order valence-corrected chi connectivity index (χ3v) is 4.79. The van der Waals surface area contributed by atoms with Crippen molar-refractivity contribution >= 4 is 22.8 Å². The number of nitrogens with one attached hydrogen (secondary N) is 1. The highest BCUT2D eigenvalue weighted by Gasteiger charge is 2.24. The van der Waals surface area contributed by atoms with Crippen molar-refractivity contribution in [3.05, 3.63) is 30.1 Å². The number of amides is 2. The molecule has 26 heavy (non-hydrogen) atoms. The molecule has 1 aromatic carbocycles. The molecule has 0 aliphatic carbocycles. The number of hydrogen-bond acceptors (Lipinski definition) is 4. The maximum absolute atomic E-state index is 12.6. The van der Waals surface area contributed by atoms with Crippen molar-refractivity contribution < 1.29 is 14.3 Å². The van der Waals surface area contributed by atoms with Crippen molar-refractivity contribution in [3.8, 4) is 0 Å². The summed E-state index contributed by atoms with van der Waals surface area (Å²) in [5, 5.41) is 2.90. The molecule has 7 heteroatoms. The Morgan fingerprint density at radius 3 is 2.77 bits per heavy atom. The summed E-state index contributed by atoms with van der Waals surface area (Å²) >= 11 is 0. The first kappa shape index (κ1) is 18.4. The highest BCUT2D eigenvalue weighted by Crippen LogP contribution is 2.17. The molecular formula is C19H26N4O3. The number of para-hydroxylation sites is 2. The van der Waals surface area contributed by atoms with Gasteiger partial charge in [0.05, 0.1) is 17.6 Å². The first-order valence-corrected chi connectivity index (χ1v) is 9.25. The van der Waals surface area contributed by atoms with Gasteiger partial charge in [0.1, 0.15) is 18.5 Å². The molecule has 1 N–H and O–H groups in total. The summed E-state index contributed by atoms with van der Waals surface area (Å²) in [6.07, 6.45) is 1.29. The molecule has 1 aliphatic rings. The number of nitrogens with zero attached hydrogens (tertiary/aromatic N) is 3. The van der Waals surface area contributed by atoms with Crippen molar-refractivity contribution in [3.63, 3.8) is 0 Å². The number of likely N-dealkylation sites (N-methyl/N-ethyl adjacent to an activating group) is 1. The van der Waals surface area contributed by atoms with E-state index in [0.29, 0.717) is 25.5 Å². The molecule has 140 valence electrons. The number of ether oxygens (including phenoxy) is 1. The van der Waals surface area contributed by atoms with Gasteiger partial charge in [-0.1, -0.05) is 12.1 Å². The SMILES string of the molecule is CCN(CC)C(=O)Cn1c(CNC(=O)C2CCCO2)nc2ccccc21. The second-order valence-electron chi connectivity index (χ2n) is 6.39. The van der Waals surface area contributed by atoms with Crippen LogP contribution in [0.15, 0.2) is 24.3 Å². The number of imidazole rings is 1. The maximum Gasteiger partial charge on any atom is 0.249 e. The fourth-order valence-corrected chi connectivity index (χ4v) is 3.31. The van der Waals surface area contributed by atoms with Crippen LogP contribution in [0.25, 0.3) is 11.0 Å². The average molecular weight is 358 g/mol. The maximum atomic E-state index is 12.6. The normalized spacial score (nSPS) is 16.8. The van der Waals surface area contributed by atoms with Gasteiger partial charge in [-0.05, 0) is 38.8 Å². The van der Waals surface area contributed by atoms with Crippen LogP contribution in [-0.4, -0.2) is 52.1 Å². The second kappa shape index (κ2) is 8.31. The zero-order chi connectivity index (χ0) is 18.5. The Labute approximate surface area is 153 Å². The first-order valence-electron chi connectivity index (χ1n) is 9.25. The van der Waals surface area contributed by atoms with Gasteiger partial charge < -0.3 is 19.5 Å². The van der Waals surface area contributed by atoms with Gasteiger partial charge in [0.15, 0.2) is 0 Å². The Kier molecular flexibility index (Phi) is 5.88. The van der Waals surface area contributed by atoms with Crippen molar-refractivity contribution in [1.82, 2.24) is 19.8 Å². The van der Waals surface area contributed by atoms with Gasteiger partial charge in [-0.2, -0.15) is 0 Å². The lowest BCUT2D eigenvalue weighted by atomic mass is 10.2. The quantitative estimate of drug-likeness (QED) is 0.817. The number of hydrogen-bond donors (Lipinski definition) is 1. The van der Waals surface area contributed by atoms with Crippen LogP contribution in [0.5, 0.6) is 0 Å². The molecule has 0 bridgehead atoms. The summed E-state index contributed by atoms with van der Waals surface area (Å²) in [6.45, 7) is 6.41. The first-order chi connectivity index (χ1) is 12.6. The summed E-state index contributed by atoms with van der Waals surface area (Å²) in [6, 6.07) is 7.71. The Morgan fingerprint density at radius 1 is 1.31 bits per heavy atom. The molecule has 1 unspecified atom stereocenters. The van der Waals surface area contributed by atoms with Gasteiger partial charge in [0, 0.05) is 19.7 Å². The topological polar surface area (TPSA) is 76.5 Å². The van der Waals surface area contributed by atoms with E-state index in [1.54, 1.807) is 4.90 Å². The van der Waals surface area contributed by atoms with E-state index in [4.69, 9.17) is 4.74 Å². The van der Waals surface area contributed by atoms with E-state index in [1.807, 2.05) is 42.7 Å². The number of rotatable bonds is 7. The van der Waals surface area contributed by atoms with Crippen LogP contribution in [-0.2, 0) is 27.4 Å². The number of aromatic nitrogens is 2. The predicted octanol–water partition coefficient (Wildman–Crippen LogP) is 1.70. The van der Waals surface area contributed by atoms with E-state index in [1.165, 1.54) is 0 Å². The lowest BCUT2D eigenvalue weighted by Crippen LogP contribution is -2.36. The minimum absolute atomic E-state index is 0.0462. The summed E-state index contributed by atoms with van der Waals surface area (Å²) in [5.41, 5.74) is 1.72. The van der Waals surface area contributed by atoms with Crippen molar-refractivity contribution in [1.29, 1.82) is 0 Å². The Balaban J connectivity index is 1.80. The number of carbonyl (C=O) groups excluding carboxylic acids is 2. The zero-order valence-corrected chi connectivity index (χ0v) is 15.4.